The maximum atomic E-state index is 10.6. The molecule has 0 saturated heterocycles. The highest BCUT2D eigenvalue weighted by Gasteiger charge is 2.34. The summed E-state index contributed by atoms with van der Waals surface area (Å²) in [4.78, 5) is 21.2. The number of aliphatic hydroxyl groups is 4. The fourth-order valence-corrected chi connectivity index (χ4v) is 1.13. The molecule has 0 heterocycles. The van der Waals surface area contributed by atoms with E-state index in [4.69, 9.17) is 31.3 Å². The maximum Gasteiger partial charge on any atom is 0.269 e. The predicted octanol–water partition coefficient (Wildman–Crippen LogP) is 0.768. The molecular formula is C12H11NO7. The summed E-state index contributed by atoms with van der Waals surface area (Å²) in [7, 11) is 0. The molecule has 8 nitrogen and oxygen atoms in total. The molecule has 0 bridgehead atoms. The summed E-state index contributed by atoms with van der Waals surface area (Å²) in [6, 6.07) is 6.40. The molecule has 7 N–H and O–H groups in total. The molecule has 2 rings (SSSR count). The largest absolute Gasteiger partial charge is 0.508 e. The second-order valence-corrected chi connectivity index (χ2v) is 3.64. The number of hydrogen-bond acceptors (Lipinski definition) is 8. The van der Waals surface area contributed by atoms with E-state index in [9.17, 15) is 9.59 Å². The first-order chi connectivity index (χ1) is 9.25. The van der Waals surface area contributed by atoms with Crippen LogP contribution in [-0.4, -0.2) is 37.1 Å². The number of aromatic hydroxyl groups is 1. The quantitative estimate of drug-likeness (QED) is 0.231. The van der Waals surface area contributed by atoms with Crippen molar-refractivity contribution in [1.29, 1.82) is 0 Å². The average Bonchev–Trinajstić information content (AvgIpc) is 2.45. The predicted molar refractivity (Wildman–Crippen MR) is 67.1 cm³/mol. The Kier molecular flexibility index (Phi) is 4.21. The number of carbonyl (C=O) groups excluding carboxylic acids is 2. The van der Waals surface area contributed by atoms with Crippen molar-refractivity contribution >= 4 is 17.3 Å². The van der Waals surface area contributed by atoms with Crippen LogP contribution >= 0.6 is 0 Å². The van der Waals surface area contributed by atoms with Crippen molar-refractivity contribution in [1.82, 2.24) is 0 Å². The Labute approximate surface area is 112 Å². The molecule has 0 fully saturated rings. The molecule has 8 heteroatoms. The monoisotopic (exact) mass is 281 g/mol. The first kappa shape index (κ1) is 14.9. The summed E-state index contributed by atoms with van der Waals surface area (Å²) < 4.78 is 0. The third kappa shape index (κ3) is 2.99. The van der Waals surface area contributed by atoms with Crippen molar-refractivity contribution in [3.05, 3.63) is 47.3 Å². The van der Waals surface area contributed by atoms with E-state index in [0.29, 0.717) is 5.69 Å². The van der Waals surface area contributed by atoms with E-state index < -0.39 is 34.6 Å². The lowest BCUT2D eigenvalue weighted by Gasteiger charge is -2.08. The molecule has 0 spiro atoms. The normalized spacial score (nSPS) is 15.0. The van der Waals surface area contributed by atoms with E-state index in [1.807, 2.05) is 0 Å². The summed E-state index contributed by atoms with van der Waals surface area (Å²) >= 11 is 0. The molecule has 0 aromatic heterocycles. The van der Waals surface area contributed by atoms with Crippen LogP contribution in [0.5, 0.6) is 5.75 Å². The Hall–Kier alpha value is -3.16. The number of nitrogen functional groups attached to an aromatic ring is 1. The zero-order chi connectivity index (χ0) is 15.4. The lowest BCUT2D eigenvalue weighted by atomic mass is 10.1. The molecule has 0 amide bonds. The third-order valence-corrected chi connectivity index (χ3v) is 2.20. The van der Waals surface area contributed by atoms with Crippen LogP contribution in [0.25, 0.3) is 0 Å². The molecule has 1 aliphatic rings. The molecule has 1 aliphatic carbocycles. The number of ketones is 2. The minimum Gasteiger partial charge on any atom is -0.508 e. The van der Waals surface area contributed by atoms with Gasteiger partial charge in [0.15, 0.2) is 0 Å². The van der Waals surface area contributed by atoms with Crippen molar-refractivity contribution in [2.75, 3.05) is 5.73 Å². The standard InChI is InChI=1S/C6H7NO.C6H4O6/c7-5-1-3-6(8)4-2-5;7-1-2(8)4(10)6(12)5(11)3(1)9/h1-4,8H,7H2;7-8,11-12H. The summed E-state index contributed by atoms with van der Waals surface area (Å²) in [5.41, 5.74) is 5.98. The summed E-state index contributed by atoms with van der Waals surface area (Å²) in [6.07, 6.45) is 0. The van der Waals surface area contributed by atoms with Crippen LogP contribution in [0, 0.1) is 0 Å². The number of carbonyl (C=O) groups is 2. The summed E-state index contributed by atoms with van der Waals surface area (Å²) in [5, 5.41) is 43.3. The smallest absolute Gasteiger partial charge is 0.269 e. The van der Waals surface area contributed by atoms with E-state index in [1.54, 1.807) is 24.3 Å². The Morgan fingerprint density at radius 2 is 0.950 bits per heavy atom. The molecular weight excluding hydrogens is 270 g/mol. The van der Waals surface area contributed by atoms with Gasteiger partial charge in [-0.1, -0.05) is 0 Å². The lowest BCUT2D eigenvalue weighted by molar-refractivity contribution is -0.124. The van der Waals surface area contributed by atoms with Crippen LogP contribution in [0.3, 0.4) is 0 Å². The average molecular weight is 281 g/mol. The molecule has 106 valence electrons. The van der Waals surface area contributed by atoms with Gasteiger partial charge in [-0.25, -0.2) is 0 Å². The fraction of sp³-hybridized carbons (Fsp3) is 0. The second kappa shape index (κ2) is 5.65. The van der Waals surface area contributed by atoms with Crippen LogP contribution in [-0.2, 0) is 9.59 Å². The minimum absolute atomic E-state index is 0.249. The number of nitrogens with two attached hydrogens (primary N) is 1. The van der Waals surface area contributed by atoms with Gasteiger partial charge in [0.05, 0.1) is 0 Å². The van der Waals surface area contributed by atoms with Crippen LogP contribution in [0.1, 0.15) is 0 Å². The summed E-state index contributed by atoms with van der Waals surface area (Å²) in [5.74, 6) is -7.59. The zero-order valence-electron chi connectivity index (χ0n) is 9.94. The molecule has 20 heavy (non-hydrogen) atoms. The van der Waals surface area contributed by atoms with Gasteiger partial charge in [0.2, 0.25) is 23.0 Å². The number of rotatable bonds is 0. The Morgan fingerprint density at radius 1 is 0.650 bits per heavy atom. The number of hydrogen-bond donors (Lipinski definition) is 6. The molecule has 1 aromatic carbocycles. The van der Waals surface area contributed by atoms with Crippen LogP contribution in [0.4, 0.5) is 5.69 Å². The van der Waals surface area contributed by atoms with Gasteiger partial charge < -0.3 is 31.3 Å². The first-order valence-electron chi connectivity index (χ1n) is 5.14. The number of aliphatic hydroxyl groups excluding tert-OH is 4. The molecule has 0 radical (unpaired) electrons. The van der Waals surface area contributed by atoms with Gasteiger partial charge in [0.1, 0.15) is 5.75 Å². The van der Waals surface area contributed by atoms with Gasteiger partial charge in [-0.05, 0) is 24.3 Å². The van der Waals surface area contributed by atoms with Crippen LogP contribution in [0.15, 0.2) is 47.3 Å². The molecule has 0 unspecified atom stereocenters. The zero-order valence-corrected chi connectivity index (χ0v) is 9.94. The molecule has 0 atom stereocenters. The number of benzene rings is 1. The highest BCUT2D eigenvalue weighted by atomic mass is 16.3. The van der Waals surface area contributed by atoms with Gasteiger partial charge in [-0.3, -0.25) is 9.59 Å². The van der Waals surface area contributed by atoms with E-state index in [-0.39, 0.29) is 5.75 Å². The van der Waals surface area contributed by atoms with Crippen LogP contribution in [0.2, 0.25) is 0 Å². The number of phenols is 1. The van der Waals surface area contributed by atoms with Gasteiger partial charge in [-0.2, -0.15) is 0 Å². The van der Waals surface area contributed by atoms with Crippen molar-refractivity contribution in [3.63, 3.8) is 0 Å². The molecule has 1 aromatic rings. The van der Waals surface area contributed by atoms with E-state index in [1.165, 1.54) is 0 Å². The Balaban J connectivity index is 0.000000217. The van der Waals surface area contributed by atoms with E-state index in [0.717, 1.165) is 0 Å². The first-order valence-corrected chi connectivity index (χ1v) is 5.14. The van der Waals surface area contributed by atoms with E-state index >= 15 is 0 Å². The van der Waals surface area contributed by atoms with E-state index in [2.05, 4.69) is 0 Å². The Bertz CT molecular complexity index is 530. The topological polar surface area (TPSA) is 161 Å². The highest BCUT2D eigenvalue weighted by molar-refractivity contribution is 6.21. The highest BCUT2D eigenvalue weighted by Crippen LogP contribution is 2.17. The summed E-state index contributed by atoms with van der Waals surface area (Å²) in [6.45, 7) is 0. The van der Waals surface area contributed by atoms with Gasteiger partial charge in [0, 0.05) is 5.69 Å². The van der Waals surface area contributed by atoms with Gasteiger partial charge >= 0.3 is 0 Å². The SMILES string of the molecule is Nc1ccc(O)cc1.O=C1C(O)=C(O)C(=O)C(O)=C1O. The molecule has 0 aliphatic heterocycles. The Morgan fingerprint density at radius 3 is 1.20 bits per heavy atom. The second-order valence-electron chi connectivity index (χ2n) is 3.64. The number of phenolic OH excluding ortho intramolecular Hbond substituents is 1. The molecule has 0 saturated carbocycles. The van der Waals surface area contributed by atoms with Crippen molar-refractivity contribution in [2.45, 2.75) is 0 Å². The van der Waals surface area contributed by atoms with Crippen molar-refractivity contribution in [3.8, 4) is 5.75 Å². The number of anilines is 1. The van der Waals surface area contributed by atoms with Crippen molar-refractivity contribution in [2.24, 2.45) is 0 Å². The fourth-order valence-electron chi connectivity index (χ4n) is 1.13. The minimum atomic E-state index is -1.38. The third-order valence-electron chi connectivity index (χ3n) is 2.20. The van der Waals surface area contributed by atoms with Gasteiger partial charge in [0.25, 0.3) is 11.6 Å². The lowest BCUT2D eigenvalue weighted by Crippen LogP contribution is -2.23. The number of Topliss-reactive ketones (excluding diaryl/α,β-unsaturated/α-hetero) is 2. The van der Waals surface area contributed by atoms with Crippen LogP contribution < -0.4 is 5.73 Å². The van der Waals surface area contributed by atoms with Crippen molar-refractivity contribution < 1.29 is 35.1 Å². The van der Waals surface area contributed by atoms with Gasteiger partial charge in [-0.15, -0.1) is 0 Å². The maximum absolute atomic E-state index is 10.6.